The summed E-state index contributed by atoms with van der Waals surface area (Å²) in [6.07, 6.45) is 6.40. The Morgan fingerprint density at radius 3 is 2.80 bits per heavy atom. The van der Waals surface area contributed by atoms with Gasteiger partial charge in [-0.05, 0) is 42.9 Å². The highest BCUT2D eigenvalue weighted by molar-refractivity contribution is 9.09. The van der Waals surface area contributed by atoms with Crippen molar-refractivity contribution in [2.24, 2.45) is 5.92 Å². The molecule has 2 atom stereocenters. The van der Waals surface area contributed by atoms with Crippen molar-refractivity contribution >= 4 is 15.9 Å². The second kappa shape index (κ2) is 5.02. The zero-order valence-electron chi connectivity index (χ0n) is 8.82. The van der Waals surface area contributed by atoms with Crippen molar-refractivity contribution in [2.75, 3.05) is 0 Å². The van der Waals surface area contributed by atoms with Crippen molar-refractivity contribution in [3.8, 4) is 5.75 Å². The maximum atomic E-state index is 9.40. The fourth-order valence-corrected chi connectivity index (χ4v) is 3.15. The van der Waals surface area contributed by atoms with Crippen molar-refractivity contribution in [1.29, 1.82) is 0 Å². The van der Waals surface area contributed by atoms with E-state index in [0.29, 0.717) is 10.6 Å². The average Bonchev–Trinajstić information content (AvgIpc) is 2.22. The standard InChI is InChI=1S/C13H17BrO/c14-13-7-2-1-5-11(13)8-10-4-3-6-12(15)9-10/h3-4,6,9,11,13,15H,1-2,5,7-8H2. The highest BCUT2D eigenvalue weighted by Gasteiger charge is 2.22. The summed E-state index contributed by atoms with van der Waals surface area (Å²) in [4.78, 5) is 0.661. The van der Waals surface area contributed by atoms with Gasteiger partial charge in [-0.2, -0.15) is 0 Å². The van der Waals surface area contributed by atoms with E-state index >= 15 is 0 Å². The molecule has 1 N–H and O–H groups in total. The van der Waals surface area contributed by atoms with Gasteiger partial charge in [0.15, 0.2) is 0 Å². The molecule has 0 amide bonds. The van der Waals surface area contributed by atoms with Crippen molar-refractivity contribution in [3.63, 3.8) is 0 Å². The Kier molecular flexibility index (Phi) is 3.68. The fourth-order valence-electron chi connectivity index (χ4n) is 2.38. The highest BCUT2D eigenvalue weighted by Crippen LogP contribution is 2.32. The summed E-state index contributed by atoms with van der Waals surface area (Å²) in [6.45, 7) is 0. The number of rotatable bonds is 2. The summed E-state index contributed by atoms with van der Waals surface area (Å²) >= 11 is 3.77. The largest absolute Gasteiger partial charge is 0.508 e. The van der Waals surface area contributed by atoms with E-state index < -0.39 is 0 Å². The van der Waals surface area contributed by atoms with Gasteiger partial charge in [0.05, 0.1) is 0 Å². The SMILES string of the molecule is Oc1cccc(CC2CCCCC2Br)c1. The molecule has 15 heavy (non-hydrogen) atoms. The maximum Gasteiger partial charge on any atom is 0.115 e. The van der Waals surface area contributed by atoms with Crippen molar-refractivity contribution < 1.29 is 5.11 Å². The van der Waals surface area contributed by atoms with Gasteiger partial charge in [0.1, 0.15) is 5.75 Å². The molecule has 2 unspecified atom stereocenters. The normalized spacial score (nSPS) is 26.5. The summed E-state index contributed by atoms with van der Waals surface area (Å²) < 4.78 is 0. The second-order valence-electron chi connectivity index (χ2n) is 4.43. The molecule has 0 heterocycles. The Labute approximate surface area is 99.6 Å². The van der Waals surface area contributed by atoms with Gasteiger partial charge in [-0.25, -0.2) is 0 Å². The van der Waals surface area contributed by atoms with E-state index in [4.69, 9.17) is 0 Å². The third-order valence-corrected chi connectivity index (χ3v) is 4.43. The van der Waals surface area contributed by atoms with Crippen molar-refractivity contribution in [3.05, 3.63) is 29.8 Å². The Hall–Kier alpha value is -0.500. The number of hydrogen-bond acceptors (Lipinski definition) is 1. The van der Waals surface area contributed by atoms with Crippen LogP contribution in [-0.2, 0) is 6.42 Å². The van der Waals surface area contributed by atoms with Crippen LogP contribution in [0.5, 0.6) is 5.75 Å². The number of phenols is 1. The third kappa shape index (κ3) is 2.97. The van der Waals surface area contributed by atoms with Gasteiger partial charge in [-0.3, -0.25) is 0 Å². The molecule has 1 fully saturated rings. The molecule has 1 saturated carbocycles. The van der Waals surface area contributed by atoms with E-state index in [9.17, 15) is 5.11 Å². The second-order valence-corrected chi connectivity index (χ2v) is 5.61. The molecule has 0 saturated heterocycles. The third-order valence-electron chi connectivity index (χ3n) is 3.22. The zero-order chi connectivity index (χ0) is 10.7. The Morgan fingerprint density at radius 1 is 1.27 bits per heavy atom. The number of aromatic hydroxyl groups is 1. The van der Waals surface area contributed by atoms with Gasteiger partial charge < -0.3 is 5.11 Å². The van der Waals surface area contributed by atoms with E-state index in [1.807, 2.05) is 12.1 Å². The highest BCUT2D eigenvalue weighted by atomic mass is 79.9. The molecular weight excluding hydrogens is 252 g/mol. The molecule has 1 aromatic rings. The molecular formula is C13H17BrO. The quantitative estimate of drug-likeness (QED) is 0.807. The molecule has 2 heteroatoms. The van der Waals surface area contributed by atoms with Gasteiger partial charge in [0.2, 0.25) is 0 Å². The van der Waals surface area contributed by atoms with E-state index in [1.165, 1.54) is 31.2 Å². The molecule has 0 bridgehead atoms. The Bertz CT molecular complexity index is 324. The number of benzene rings is 1. The van der Waals surface area contributed by atoms with Crippen LogP contribution < -0.4 is 0 Å². The lowest BCUT2D eigenvalue weighted by atomic mass is 9.85. The fraction of sp³-hybridized carbons (Fsp3) is 0.538. The average molecular weight is 269 g/mol. The van der Waals surface area contributed by atoms with Crippen LogP contribution >= 0.6 is 15.9 Å². The Morgan fingerprint density at radius 2 is 2.07 bits per heavy atom. The summed E-state index contributed by atoms with van der Waals surface area (Å²) in [7, 11) is 0. The molecule has 1 aliphatic rings. The summed E-state index contributed by atoms with van der Waals surface area (Å²) in [5.41, 5.74) is 1.26. The van der Waals surface area contributed by atoms with Crippen LogP contribution in [-0.4, -0.2) is 9.93 Å². The topological polar surface area (TPSA) is 20.2 Å². The summed E-state index contributed by atoms with van der Waals surface area (Å²) in [6, 6.07) is 7.65. The van der Waals surface area contributed by atoms with Crippen molar-refractivity contribution in [2.45, 2.75) is 36.9 Å². The Balaban J connectivity index is 2.01. The number of alkyl halides is 1. The van der Waals surface area contributed by atoms with E-state index in [0.717, 1.165) is 12.3 Å². The number of hydrogen-bond donors (Lipinski definition) is 1. The lowest BCUT2D eigenvalue weighted by Gasteiger charge is -2.27. The number of phenolic OH excluding ortho intramolecular Hbond substituents is 1. The lowest BCUT2D eigenvalue weighted by Crippen LogP contribution is -2.21. The molecule has 1 aromatic carbocycles. The van der Waals surface area contributed by atoms with Crippen LogP contribution in [0, 0.1) is 5.92 Å². The molecule has 2 rings (SSSR count). The van der Waals surface area contributed by atoms with Gasteiger partial charge >= 0.3 is 0 Å². The van der Waals surface area contributed by atoms with Crippen LogP contribution in [0.4, 0.5) is 0 Å². The summed E-state index contributed by atoms with van der Waals surface area (Å²) in [5.74, 6) is 1.12. The molecule has 1 nitrogen and oxygen atoms in total. The first-order valence-corrected chi connectivity index (χ1v) is 6.59. The van der Waals surface area contributed by atoms with Crippen LogP contribution in [0.25, 0.3) is 0 Å². The van der Waals surface area contributed by atoms with Gasteiger partial charge in [0.25, 0.3) is 0 Å². The van der Waals surface area contributed by atoms with E-state index in [-0.39, 0.29) is 0 Å². The van der Waals surface area contributed by atoms with Gasteiger partial charge in [-0.15, -0.1) is 0 Å². The maximum absolute atomic E-state index is 9.40. The molecule has 1 aliphatic carbocycles. The minimum absolute atomic E-state index is 0.384. The predicted molar refractivity (Wildman–Crippen MR) is 66.5 cm³/mol. The van der Waals surface area contributed by atoms with Gasteiger partial charge in [0, 0.05) is 4.83 Å². The van der Waals surface area contributed by atoms with Gasteiger partial charge in [-0.1, -0.05) is 40.9 Å². The first-order valence-electron chi connectivity index (χ1n) is 5.67. The molecule has 0 aliphatic heterocycles. The van der Waals surface area contributed by atoms with Crippen LogP contribution in [0.2, 0.25) is 0 Å². The summed E-state index contributed by atoms with van der Waals surface area (Å²) in [5, 5.41) is 9.40. The zero-order valence-corrected chi connectivity index (χ0v) is 10.4. The first kappa shape index (κ1) is 11.0. The number of halogens is 1. The van der Waals surface area contributed by atoms with Crippen LogP contribution in [0.3, 0.4) is 0 Å². The lowest BCUT2D eigenvalue weighted by molar-refractivity contribution is 0.373. The van der Waals surface area contributed by atoms with E-state index in [1.54, 1.807) is 6.07 Å². The van der Waals surface area contributed by atoms with Crippen LogP contribution in [0.15, 0.2) is 24.3 Å². The molecule has 0 spiro atoms. The predicted octanol–water partition coefficient (Wildman–Crippen LogP) is 3.89. The minimum atomic E-state index is 0.384. The molecule has 82 valence electrons. The van der Waals surface area contributed by atoms with E-state index in [2.05, 4.69) is 22.0 Å². The molecule has 0 radical (unpaired) electrons. The smallest absolute Gasteiger partial charge is 0.115 e. The monoisotopic (exact) mass is 268 g/mol. The first-order chi connectivity index (χ1) is 7.25. The minimum Gasteiger partial charge on any atom is -0.508 e. The molecule has 0 aromatic heterocycles. The van der Waals surface area contributed by atoms with Crippen molar-refractivity contribution in [1.82, 2.24) is 0 Å². The van der Waals surface area contributed by atoms with Crippen LogP contribution in [0.1, 0.15) is 31.2 Å².